The molecule has 0 aromatic carbocycles. The number of nitrogens with zero attached hydrogens (tertiary/aromatic N) is 1. The van der Waals surface area contributed by atoms with E-state index in [1.54, 1.807) is 0 Å². The quantitative estimate of drug-likeness (QED) is 0.792. The third-order valence-electron chi connectivity index (χ3n) is 4.93. The number of aliphatic hydroxyl groups is 1. The Morgan fingerprint density at radius 1 is 1.35 bits per heavy atom. The summed E-state index contributed by atoms with van der Waals surface area (Å²) in [4.78, 5) is 2.46. The normalized spacial score (nSPS) is 31.2. The molecule has 0 amide bonds. The van der Waals surface area contributed by atoms with Gasteiger partial charge in [0.1, 0.15) is 0 Å². The van der Waals surface area contributed by atoms with Crippen LogP contribution in [0.1, 0.15) is 53.4 Å². The molecule has 1 aliphatic rings. The highest BCUT2D eigenvalue weighted by atomic mass is 16.3. The molecule has 1 saturated heterocycles. The van der Waals surface area contributed by atoms with Gasteiger partial charge in [0.05, 0.1) is 5.60 Å². The number of nitrogens with two attached hydrogens (primary N) is 1. The average Bonchev–Trinajstić information content (AvgIpc) is 2.51. The summed E-state index contributed by atoms with van der Waals surface area (Å²) in [7, 11) is 0. The molecule has 17 heavy (non-hydrogen) atoms. The van der Waals surface area contributed by atoms with Crippen LogP contribution in [0.3, 0.4) is 0 Å². The third kappa shape index (κ3) is 3.01. The van der Waals surface area contributed by atoms with Crippen LogP contribution in [0.15, 0.2) is 0 Å². The SMILES string of the molecule is CCC(C)(CN)C1(O)CCCN(C(C)C)CC1. The first-order valence-electron chi connectivity index (χ1n) is 7.05. The molecular formula is C14H30N2O. The lowest BCUT2D eigenvalue weighted by atomic mass is 9.68. The molecule has 0 radical (unpaired) electrons. The van der Waals surface area contributed by atoms with Crippen LogP contribution in [0.5, 0.6) is 0 Å². The lowest BCUT2D eigenvalue weighted by molar-refractivity contribution is -0.0843. The lowest BCUT2D eigenvalue weighted by Gasteiger charge is -2.44. The molecule has 0 spiro atoms. The van der Waals surface area contributed by atoms with Gasteiger partial charge in [0, 0.05) is 24.5 Å². The summed E-state index contributed by atoms with van der Waals surface area (Å²) in [6.45, 7) is 11.4. The fourth-order valence-corrected chi connectivity index (χ4v) is 2.92. The number of likely N-dealkylation sites (tertiary alicyclic amines) is 1. The first-order chi connectivity index (χ1) is 7.88. The summed E-state index contributed by atoms with van der Waals surface area (Å²) in [5.41, 5.74) is 5.18. The zero-order chi connectivity index (χ0) is 13.1. The smallest absolute Gasteiger partial charge is 0.0725 e. The monoisotopic (exact) mass is 242 g/mol. The molecule has 2 atom stereocenters. The lowest BCUT2D eigenvalue weighted by Crippen LogP contribution is -2.51. The Kier molecular flexibility index (Phi) is 4.99. The summed E-state index contributed by atoms with van der Waals surface area (Å²) in [6, 6.07) is 0.572. The number of hydrogen-bond acceptors (Lipinski definition) is 3. The van der Waals surface area contributed by atoms with Crippen molar-refractivity contribution in [1.29, 1.82) is 0 Å². The first kappa shape index (κ1) is 14.9. The van der Waals surface area contributed by atoms with Gasteiger partial charge in [-0.15, -0.1) is 0 Å². The van der Waals surface area contributed by atoms with E-state index in [4.69, 9.17) is 5.73 Å². The van der Waals surface area contributed by atoms with E-state index in [0.29, 0.717) is 12.6 Å². The van der Waals surface area contributed by atoms with Crippen LogP contribution in [-0.2, 0) is 0 Å². The molecule has 1 fully saturated rings. The van der Waals surface area contributed by atoms with Crippen LogP contribution in [0.2, 0.25) is 0 Å². The van der Waals surface area contributed by atoms with E-state index >= 15 is 0 Å². The van der Waals surface area contributed by atoms with Gasteiger partial charge in [0.2, 0.25) is 0 Å². The Hall–Kier alpha value is -0.120. The summed E-state index contributed by atoms with van der Waals surface area (Å²) >= 11 is 0. The van der Waals surface area contributed by atoms with Crippen LogP contribution >= 0.6 is 0 Å². The van der Waals surface area contributed by atoms with E-state index < -0.39 is 5.60 Å². The predicted molar refractivity (Wildman–Crippen MR) is 73.0 cm³/mol. The molecule has 1 rings (SSSR count). The van der Waals surface area contributed by atoms with Gasteiger partial charge in [0.25, 0.3) is 0 Å². The van der Waals surface area contributed by atoms with E-state index in [1.165, 1.54) is 0 Å². The van der Waals surface area contributed by atoms with Crippen molar-refractivity contribution in [2.75, 3.05) is 19.6 Å². The van der Waals surface area contributed by atoms with E-state index in [2.05, 4.69) is 32.6 Å². The average molecular weight is 242 g/mol. The van der Waals surface area contributed by atoms with Crippen molar-refractivity contribution >= 4 is 0 Å². The van der Waals surface area contributed by atoms with Gasteiger partial charge < -0.3 is 15.7 Å². The molecule has 0 bridgehead atoms. The van der Waals surface area contributed by atoms with Gasteiger partial charge >= 0.3 is 0 Å². The van der Waals surface area contributed by atoms with Crippen molar-refractivity contribution in [3.05, 3.63) is 0 Å². The Morgan fingerprint density at radius 2 is 2.00 bits per heavy atom. The maximum atomic E-state index is 11.0. The largest absolute Gasteiger partial charge is 0.389 e. The van der Waals surface area contributed by atoms with Crippen LogP contribution in [0.25, 0.3) is 0 Å². The van der Waals surface area contributed by atoms with Gasteiger partial charge in [-0.25, -0.2) is 0 Å². The molecule has 0 aliphatic carbocycles. The van der Waals surface area contributed by atoms with Crippen molar-refractivity contribution < 1.29 is 5.11 Å². The van der Waals surface area contributed by atoms with Crippen molar-refractivity contribution in [2.45, 2.75) is 65.0 Å². The molecule has 0 saturated carbocycles. The van der Waals surface area contributed by atoms with E-state index in [0.717, 1.165) is 38.8 Å². The molecule has 3 N–H and O–H groups in total. The van der Waals surface area contributed by atoms with E-state index in [9.17, 15) is 5.11 Å². The van der Waals surface area contributed by atoms with Crippen LogP contribution in [-0.4, -0.2) is 41.3 Å². The Labute approximate surface area is 106 Å². The van der Waals surface area contributed by atoms with Crippen LogP contribution < -0.4 is 5.73 Å². The van der Waals surface area contributed by atoms with E-state index in [-0.39, 0.29) is 5.41 Å². The molecular weight excluding hydrogens is 212 g/mol. The minimum absolute atomic E-state index is 0.139. The topological polar surface area (TPSA) is 49.5 Å². The van der Waals surface area contributed by atoms with Gasteiger partial charge in [0.15, 0.2) is 0 Å². The predicted octanol–water partition coefficient (Wildman–Crippen LogP) is 1.99. The molecule has 3 heteroatoms. The fourth-order valence-electron chi connectivity index (χ4n) is 2.92. The highest BCUT2D eigenvalue weighted by Crippen LogP contribution is 2.41. The second-order valence-corrected chi connectivity index (χ2v) is 6.13. The molecule has 3 nitrogen and oxygen atoms in total. The highest BCUT2D eigenvalue weighted by molar-refractivity contribution is 4.98. The fraction of sp³-hybridized carbons (Fsp3) is 1.00. The van der Waals surface area contributed by atoms with E-state index in [1.807, 2.05) is 0 Å². The second kappa shape index (κ2) is 5.68. The Bertz CT molecular complexity index is 238. The third-order valence-corrected chi connectivity index (χ3v) is 4.93. The summed E-state index contributed by atoms with van der Waals surface area (Å²) < 4.78 is 0. The number of hydrogen-bond donors (Lipinski definition) is 2. The maximum absolute atomic E-state index is 11.0. The second-order valence-electron chi connectivity index (χ2n) is 6.13. The zero-order valence-electron chi connectivity index (χ0n) is 12.0. The first-order valence-corrected chi connectivity index (χ1v) is 7.05. The molecule has 102 valence electrons. The van der Waals surface area contributed by atoms with Gasteiger partial charge in [-0.3, -0.25) is 0 Å². The molecule has 1 aliphatic heterocycles. The van der Waals surface area contributed by atoms with Crippen LogP contribution in [0.4, 0.5) is 0 Å². The molecule has 1 heterocycles. The van der Waals surface area contributed by atoms with Crippen molar-refractivity contribution in [2.24, 2.45) is 11.1 Å². The Morgan fingerprint density at radius 3 is 2.47 bits per heavy atom. The molecule has 2 unspecified atom stereocenters. The van der Waals surface area contributed by atoms with Crippen LogP contribution in [0, 0.1) is 5.41 Å². The minimum Gasteiger partial charge on any atom is -0.389 e. The highest BCUT2D eigenvalue weighted by Gasteiger charge is 2.45. The summed E-state index contributed by atoms with van der Waals surface area (Å²) in [6.07, 6.45) is 3.76. The zero-order valence-corrected chi connectivity index (χ0v) is 12.0. The standard InChI is InChI=1S/C14H30N2O/c1-5-13(4,11-15)14(17)7-6-9-16(10-8-14)12(2)3/h12,17H,5-11,15H2,1-4H3. The van der Waals surface area contributed by atoms with Gasteiger partial charge in [-0.1, -0.05) is 13.8 Å². The van der Waals surface area contributed by atoms with Crippen molar-refractivity contribution in [3.8, 4) is 0 Å². The summed E-state index contributed by atoms with van der Waals surface area (Å²) in [5, 5.41) is 11.0. The molecule has 0 aromatic heterocycles. The maximum Gasteiger partial charge on any atom is 0.0725 e. The molecule has 0 aromatic rings. The van der Waals surface area contributed by atoms with Crippen molar-refractivity contribution in [1.82, 2.24) is 4.90 Å². The Balaban J connectivity index is 2.78. The van der Waals surface area contributed by atoms with Crippen molar-refractivity contribution in [3.63, 3.8) is 0 Å². The van der Waals surface area contributed by atoms with Gasteiger partial charge in [-0.05, 0) is 46.1 Å². The number of rotatable bonds is 4. The summed E-state index contributed by atoms with van der Waals surface area (Å²) in [5.74, 6) is 0. The minimum atomic E-state index is -0.583. The van der Waals surface area contributed by atoms with Gasteiger partial charge in [-0.2, -0.15) is 0 Å².